The van der Waals surface area contributed by atoms with Crippen LogP contribution in [0.5, 0.6) is 0 Å². The van der Waals surface area contributed by atoms with Crippen LogP contribution in [0.1, 0.15) is 32.3 Å². The number of nitrogen functional groups attached to an aromatic ring is 1. The van der Waals surface area contributed by atoms with E-state index in [1.54, 1.807) is 25.1 Å². The topological polar surface area (TPSA) is 92.4 Å². The molecule has 0 unspecified atom stereocenters. The lowest BCUT2D eigenvalue weighted by molar-refractivity contribution is 0.242. The highest BCUT2D eigenvalue weighted by Crippen LogP contribution is 2.24. The molecule has 0 aliphatic heterocycles. The lowest BCUT2D eigenvalue weighted by Crippen LogP contribution is -2.34. The number of hydrogen-bond donors (Lipinski definition) is 3. The largest absolute Gasteiger partial charge is 0.398 e. The van der Waals surface area contributed by atoms with E-state index in [0.29, 0.717) is 24.2 Å². The zero-order valence-electron chi connectivity index (χ0n) is 12.3. The number of nitrogens with one attached hydrogen (secondary N) is 1. The Morgan fingerprint density at radius 2 is 2.00 bits per heavy atom. The highest BCUT2D eigenvalue weighted by atomic mass is 32.2. The van der Waals surface area contributed by atoms with Crippen molar-refractivity contribution >= 4 is 15.7 Å². The highest BCUT2D eigenvalue weighted by molar-refractivity contribution is 7.89. The Morgan fingerprint density at radius 1 is 1.35 bits per heavy atom. The zero-order chi connectivity index (χ0) is 15.4. The van der Waals surface area contributed by atoms with Gasteiger partial charge in [-0.25, -0.2) is 13.1 Å². The molecule has 6 heteroatoms. The van der Waals surface area contributed by atoms with Crippen molar-refractivity contribution in [1.29, 1.82) is 0 Å². The minimum absolute atomic E-state index is 0.116. The van der Waals surface area contributed by atoms with Gasteiger partial charge in [-0.1, -0.05) is 19.9 Å². The molecule has 0 atom stereocenters. The summed E-state index contributed by atoms with van der Waals surface area (Å²) in [6, 6.07) is 4.86. The van der Waals surface area contributed by atoms with Gasteiger partial charge in [-0.2, -0.15) is 0 Å². The van der Waals surface area contributed by atoms with E-state index in [-0.39, 0.29) is 16.9 Å². The van der Waals surface area contributed by atoms with Crippen molar-refractivity contribution in [2.75, 3.05) is 18.9 Å². The van der Waals surface area contributed by atoms with Crippen LogP contribution in [-0.4, -0.2) is 26.7 Å². The minimum Gasteiger partial charge on any atom is -0.398 e. The molecule has 0 bridgehead atoms. The summed E-state index contributed by atoms with van der Waals surface area (Å²) in [5.41, 5.74) is 6.57. The van der Waals surface area contributed by atoms with Gasteiger partial charge in [-0.3, -0.25) is 0 Å². The fourth-order valence-corrected chi connectivity index (χ4v) is 3.45. The monoisotopic (exact) mass is 300 g/mol. The second-order valence-electron chi connectivity index (χ2n) is 5.79. The van der Waals surface area contributed by atoms with Crippen molar-refractivity contribution in [2.45, 2.75) is 38.5 Å². The molecule has 0 spiro atoms. The number of aliphatic hydroxyl groups excluding tert-OH is 1. The first-order chi connectivity index (χ1) is 9.19. The van der Waals surface area contributed by atoms with Crippen LogP contribution in [0.2, 0.25) is 0 Å². The molecule has 0 aromatic heterocycles. The summed E-state index contributed by atoms with van der Waals surface area (Å²) >= 11 is 0. The number of rotatable bonds is 7. The molecule has 114 valence electrons. The molecular weight excluding hydrogens is 276 g/mol. The molecule has 4 N–H and O–H groups in total. The van der Waals surface area contributed by atoms with Crippen LogP contribution in [0.25, 0.3) is 0 Å². The molecule has 0 fully saturated rings. The maximum Gasteiger partial charge on any atom is 0.240 e. The van der Waals surface area contributed by atoms with Crippen LogP contribution < -0.4 is 10.5 Å². The standard InChI is InChI=1S/C14H24N2O3S/c1-11-12(15)6-4-7-13(11)20(18,19)16-10-14(2,3)8-5-9-17/h4,6-7,16-17H,5,8-10,15H2,1-3H3. The quantitative estimate of drug-likeness (QED) is 0.668. The van der Waals surface area contributed by atoms with Gasteiger partial charge in [0.25, 0.3) is 0 Å². The summed E-state index contributed by atoms with van der Waals surface area (Å²) in [7, 11) is -3.56. The Bertz CT molecular complexity index is 554. The van der Waals surface area contributed by atoms with Gasteiger partial charge in [0.2, 0.25) is 10.0 Å². The molecule has 0 aliphatic carbocycles. The average Bonchev–Trinajstić information content (AvgIpc) is 2.37. The molecule has 1 aromatic carbocycles. The molecule has 0 heterocycles. The van der Waals surface area contributed by atoms with Gasteiger partial charge in [0.1, 0.15) is 0 Å². The Hall–Kier alpha value is -1.11. The number of sulfonamides is 1. The average molecular weight is 300 g/mol. The first-order valence-corrected chi connectivity index (χ1v) is 8.13. The fraction of sp³-hybridized carbons (Fsp3) is 0.571. The van der Waals surface area contributed by atoms with E-state index in [4.69, 9.17) is 10.8 Å². The van der Waals surface area contributed by atoms with Gasteiger partial charge in [0, 0.05) is 18.8 Å². The Morgan fingerprint density at radius 3 is 2.60 bits per heavy atom. The van der Waals surface area contributed by atoms with Crippen LogP contribution in [-0.2, 0) is 10.0 Å². The minimum atomic E-state index is -3.56. The molecule has 0 aliphatic rings. The van der Waals surface area contributed by atoms with E-state index in [1.165, 1.54) is 0 Å². The van der Waals surface area contributed by atoms with Crippen molar-refractivity contribution in [3.8, 4) is 0 Å². The smallest absolute Gasteiger partial charge is 0.240 e. The summed E-state index contributed by atoms with van der Waals surface area (Å²) in [5.74, 6) is 0. The molecule has 0 saturated carbocycles. The molecule has 0 saturated heterocycles. The van der Waals surface area contributed by atoms with E-state index in [2.05, 4.69) is 4.72 Å². The van der Waals surface area contributed by atoms with Crippen molar-refractivity contribution in [2.24, 2.45) is 5.41 Å². The van der Waals surface area contributed by atoms with Crippen LogP contribution in [0.15, 0.2) is 23.1 Å². The third-order valence-electron chi connectivity index (χ3n) is 3.37. The number of anilines is 1. The van der Waals surface area contributed by atoms with Crippen LogP contribution in [0.3, 0.4) is 0 Å². The highest BCUT2D eigenvalue weighted by Gasteiger charge is 2.23. The third-order valence-corrected chi connectivity index (χ3v) is 4.91. The van der Waals surface area contributed by atoms with Crippen LogP contribution >= 0.6 is 0 Å². The molecule has 1 aromatic rings. The molecule has 20 heavy (non-hydrogen) atoms. The lowest BCUT2D eigenvalue weighted by atomic mass is 9.88. The van der Waals surface area contributed by atoms with Crippen molar-refractivity contribution < 1.29 is 13.5 Å². The van der Waals surface area contributed by atoms with Crippen molar-refractivity contribution in [3.05, 3.63) is 23.8 Å². The Kier molecular flexibility index (Phi) is 5.56. The van der Waals surface area contributed by atoms with E-state index in [0.717, 1.165) is 6.42 Å². The van der Waals surface area contributed by atoms with Gasteiger partial charge >= 0.3 is 0 Å². The summed E-state index contributed by atoms with van der Waals surface area (Å²) in [6.45, 7) is 6.07. The lowest BCUT2D eigenvalue weighted by Gasteiger charge is -2.24. The third kappa shape index (κ3) is 4.47. The van der Waals surface area contributed by atoms with E-state index in [9.17, 15) is 8.42 Å². The normalized spacial score (nSPS) is 12.6. The first-order valence-electron chi connectivity index (χ1n) is 6.65. The van der Waals surface area contributed by atoms with E-state index >= 15 is 0 Å². The number of benzene rings is 1. The number of aliphatic hydroxyl groups is 1. The maximum atomic E-state index is 12.3. The summed E-state index contributed by atoms with van der Waals surface area (Å²) in [5, 5.41) is 8.85. The molecule has 0 amide bonds. The zero-order valence-corrected chi connectivity index (χ0v) is 13.1. The predicted octanol–water partition coefficient (Wildman–Crippen LogP) is 1.65. The fourth-order valence-electron chi connectivity index (χ4n) is 1.94. The van der Waals surface area contributed by atoms with Crippen LogP contribution in [0, 0.1) is 12.3 Å². The first kappa shape index (κ1) is 16.9. The van der Waals surface area contributed by atoms with E-state index < -0.39 is 10.0 Å². The van der Waals surface area contributed by atoms with Crippen molar-refractivity contribution in [3.63, 3.8) is 0 Å². The second kappa shape index (κ2) is 6.56. The van der Waals surface area contributed by atoms with Crippen molar-refractivity contribution in [1.82, 2.24) is 4.72 Å². The summed E-state index contributed by atoms with van der Waals surface area (Å²) < 4.78 is 27.2. The molecule has 0 radical (unpaired) electrons. The van der Waals surface area contributed by atoms with Gasteiger partial charge in [-0.15, -0.1) is 0 Å². The number of nitrogens with two attached hydrogens (primary N) is 1. The Balaban J connectivity index is 2.83. The molecular formula is C14H24N2O3S. The summed E-state index contributed by atoms with van der Waals surface area (Å²) in [6.07, 6.45) is 1.41. The van der Waals surface area contributed by atoms with E-state index in [1.807, 2.05) is 13.8 Å². The second-order valence-corrected chi connectivity index (χ2v) is 7.52. The van der Waals surface area contributed by atoms with Gasteiger partial charge < -0.3 is 10.8 Å². The predicted molar refractivity (Wildman–Crippen MR) is 80.9 cm³/mol. The van der Waals surface area contributed by atoms with Gasteiger partial charge in [0.05, 0.1) is 4.90 Å². The maximum absolute atomic E-state index is 12.3. The van der Waals surface area contributed by atoms with Gasteiger partial charge in [-0.05, 0) is 42.9 Å². The molecule has 5 nitrogen and oxygen atoms in total. The summed E-state index contributed by atoms with van der Waals surface area (Å²) in [4.78, 5) is 0.218. The Labute approximate surface area is 121 Å². The molecule has 1 rings (SSSR count). The number of hydrogen-bond acceptors (Lipinski definition) is 4. The van der Waals surface area contributed by atoms with Crippen LogP contribution in [0.4, 0.5) is 5.69 Å². The van der Waals surface area contributed by atoms with Gasteiger partial charge in [0.15, 0.2) is 0 Å². The SMILES string of the molecule is Cc1c(N)cccc1S(=O)(=O)NCC(C)(C)CCCO.